The fourth-order valence-corrected chi connectivity index (χ4v) is 4.15. The number of hydrogen-bond acceptors (Lipinski definition) is 7. The molecule has 3 aromatic heterocycles. The molecule has 0 radical (unpaired) electrons. The lowest BCUT2D eigenvalue weighted by Crippen LogP contribution is -2.52. The lowest BCUT2D eigenvalue weighted by Gasteiger charge is -2.43. The Morgan fingerprint density at radius 2 is 2.07 bits per heavy atom. The topological polar surface area (TPSA) is 128 Å². The van der Waals surface area contributed by atoms with Gasteiger partial charge in [-0.05, 0) is 31.5 Å². The molecule has 0 spiro atoms. The summed E-state index contributed by atoms with van der Waals surface area (Å²) >= 11 is 0. The molecule has 3 N–H and O–H groups in total. The molecule has 1 aromatic carbocycles. The number of aromatic nitrogens is 6. The molecule has 0 aliphatic carbocycles. The minimum absolute atomic E-state index is 0.0957. The molecule has 0 saturated carbocycles. The molecular weight excluding hydrogens is 384 g/mol. The highest BCUT2D eigenvalue weighted by Crippen LogP contribution is 2.34. The van der Waals surface area contributed by atoms with Crippen molar-refractivity contribution in [1.82, 2.24) is 34.0 Å². The van der Waals surface area contributed by atoms with Gasteiger partial charge in [-0.3, -0.25) is 4.79 Å². The summed E-state index contributed by atoms with van der Waals surface area (Å²) < 4.78 is 3.70. The molecule has 2 atom stereocenters. The molecule has 30 heavy (non-hydrogen) atoms. The Kier molecular flexibility index (Phi) is 4.00. The van der Waals surface area contributed by atoms with E-state index in [9.17, 15) is 9.90 Å². The first-order valence-electron chi connectivity index (χ1n) is 9.71. The third kappa shape index (κ3) is 2.79. The molecule has 5 rings (SSSR count). The van der Waals surface area contributed by atoms with E-state index < -0.39 is 11.6 Å². The first-order valence-corrected chi connectivity index (χ1v) is 9.71. The van der Waals surface area contributed by atoms with Crippen molar-refractivity contribution in [2.45, 2.75) is 25.0 Å². The van der Waals surface area contributed by atoms with Gasteiger partial charge in [-0.25, -0.2) is 19.9 Å². The fraction of sp³-hybridized carbons (Fsp3) is 0.350. The van der Waals surface area contributed by atoms with E-state index in [2.05, 4.69) is 19.9 Å². The van der Waals surface area contributed by atoms with Gasteiger partial charge in [-0.1, -0.05) is 0 Å². The zero-order valence-electron chi connectivity index (χ0n) is 16.7. The van der Waals surface area contributed by atoms with E-state index in [0.29, 0.717) is 36.2 Å². The molecule has 0 unspecified atom stereocenters. The molecule has 1 fully saturated rings. The number of nitrogen functional groups attached to an aromatic ring is 1. The summed E-state index contributed by atoms with van der Waals surface area (Å²) in [6.45, 7) is 2.55. The number of piperidine rings is 1. The van der Waals surface area contributed by atoms with Crippen LogP contribution in [0.5, 0.6) is 0 Å². The number of imidazole rings is 2. The van der Waals surface area contributed by atoms with E-state index in [1.807, 2.05) is 23.7 Å². The number of carbonyl (C=O) groups is 1. The van der Waals surface area contributed by atoms with Gasteiger partial charge >= 0.3 is 0 Å². The van der Waals surface area contributed by atoms with Gasteiger partial charge in [0.2, 0.25) is 0 Å². The van der Waals surface area contributed by atoms with Crippen LogP contribution in [0, 0.1) is 0 Å². The van der Waals surface area contributed by atoms with Crippen LogP contribution in [0.15, 0.2) is 37.2 Å². The van der Waals surface area contributed by atoms with Crippen LogP contribution in [-0.4, -0.2) is 63.7 Å². The molecule has 1 amide bonds. The maximum absolute atomic E-state index is 13.2. The quantitative estimate of drug-likeness (QED) is 0.511. The Morgan fingerprint density at radius 1 is 1.23 bits per heavy atom. The fourth-order valence-electron chi connectivity index (χ4n) is 4.15. The summed E-state index contributed by atoms with van der Waals surface area (Å²) in [6.07, 6.45) is 5.13. The molecule has 0 bridgehead atoms. The number of nitrogens with two attached hydrogens (primary N) is 1. The van der Waals surface area contributed by atoms with E-state index in [1.54, 1.807) is 35.1 Å². The molecule has 4 aromatic rings. The van der Waals surface area contributed by atoms with Crippen LogP contribution in [-0.2, 0) is 7.05 Å². The number of benzene rings is 1. The highest BCUT2D eigenvalue weighted by molar-refractivity contribution is 5.97. The molecule has 1 aliphatic heterocycles. The van der Waals surface area contributed by atoms with Crippen LogP contribution in [0.1, 0.15) is 29.7 Å². The maximum atomic E-state index is 13.2. The Morgan fingerprint density at radius 3 is 2.90 bits per heavy atom. The van der Waals surface area contributed by atoms with Gasteiger partial charge in [-0.15, -0.1) is 0 Å². The zero-order valence-corrected chi connectivity index (χ0v) is 16.7. The number of hydrogen-bond donors (Lipinski definition) is 2. The van der Waals surface area contributed by atoms with E-state index in [0.717, 1.165) is 11.0 Å². The van der Waals surface area contributed by atoms with Gasteiger partial charge < -0.3 is 24.9 Å². The van der Waals surface area contributed by atoms with E-state index in [4.69, 9.17) is 5.73 Å². The molecule has 1 saturated heterocycles. The Labute approximate surface area is 172 Å². The van der Waals surface area contributed by atoms with E-state index >= 15 is 0 Å². The minimum Gasteiger partial charge on any atom is -0.388 e. The third-order valence-corrected chi connectivity index (χ3v) is 5.98. The monoisotopic (exact) mass is 406 g/mol. The molecule has 10 heteroatoms. The van der Waals surface area contributed by atoms with Crippen molar-refractivity contribution in [3.05, 3.63) is 42.7 Å². The second kappa shape index (κ2) is 6.49. The van der Waals surface area contributed by atoms with Gasteiger partial charge in [0, 0.05) is 25.7 Å². The normalized spacial score (nSPS) is 22.1. The maximum Gasteiger partial charge on any atom is 0.254 e. The first-order chi connectivity index (χ1) is 14.3. The van der Waals surface area contributed by atoms with Crippen molar-refractivity contribution in [2.24, 2.45) is 7.05 Å². The Bertz CT molecular complexity index is 1270. The van der Waals surface area contributed by atoms with Gasteiger partial charge in [0.15, 0.2) is 11.5 Å². The molecular formula is C20H22N8O2. The lowest BCUT2D eigenvalue weighted by atomic mass is 9.87. The van der Waals surface area contributed by atoms with Crippen LogP contribution in [0.4, 0.5) is 5.82 Å². The molecule has 154 valence electrons. The van der Waals surface area contributed by atoms with Gasteiger partial charge in [0.25, 0.3) is 5.91 Å². The predicted octanol–water partition coefficient (Wildman–Crippen LogP) is 1.13. The average Bonchev–Trinajstić information content (AvgIpc) is 3.32. The van der Waals surface area contributed by atoms with Crippen LogP contribution < -0.4 is 5.73 Å². The third-order valence-electron chi connectivity index (χ3n) is 5.98. The van der Waals surface area contributed by atoms with Gasteiger partial charge in [0.05, 0.1) is 35.3 Å². The highest BCUT2D eigenvalue weighted by Gasteiger charge is 2.41. The zero-order chi connectivity index (χ0) is 21.0. The van der Waals surface area contributed by atoms with Crippen LogP contribution in [0.2, 0.25) is 0 Å². The first kappa shape index (κ1) is 18.5. The summed E-state index contributed by atoms with van der Waals surface area (Å²) in [5.74, 6) is 0.187. The van der Waals surface area contributed by atoms with E-state index in [1.165, 1.54) is 6.33 Å². The Balaban J connectivity index is 1.48. The number of anilines is 1. The van der Waals surface area contributed by atoms with Crippen molar-refractivity contribution < 1.29 is 9.90 Å². The number of carbonyl (C=O) groups excluding carboxylic acids is 1. The minimum atomic E-state index is -1.03. The smallest absolute Gasteiger partial charge is 0.254 e. The summed E-state index contributed by atoms with van der Waals surface area (Å²) in [6, 6.07) is 5.10. The number of fused-ring (bicyclic) bond motifs is 2. The molecule has 4 heterocycles. The second-order valence-corrected chi connectivity index (χ2v) is 8.02. The highest BCUT2D eigenvalue weighted by atomic mass is 16.3. The summed E-state index contributed by atoms with van der Waals surface area (Å²) in [5.41, 5.74) is 8.21. The number of likely N-dealkylation sites (tertiary alicyclic amines) is 1. The second-order valence-electron chi connectivity index (χ2n) is 8.02. The van der Waals surface area contributed by atoms with Crippen LogP contribution in [0.3, 0.4) is 0 Å². The largest absolute Gasteiger partial charge is 0.388 e. The van der Waals surface area contributed by atoms with Gasteiger partial charge in [0.1, 0.15) is 11.8 Å². The lowest BCUT2D eigenvalue weighted by molar-refractivity contribution is -0.0433. The van der Waals surface area contributed by atoms with Crippen molar-refractivity contribution in [3.63, 3.8) is 0 Å². The standard InChI is InChI=1S/C20H22N8O2/c1-20(30)5-6-27(19(29)12-3-4-14-13(7-12)24-10-26(14)2)8-15(20)28-11-25-16-17(21)22-9-23-18(16)28/h3-4,7,9-11,15,30H,5-6,8H2,1-2H3,(H2,21,22,23)/t15-,20-/m1/s1. The average molecular weight is 406 g/mol. The number of rotatable bonds is 2. The van der Waals surface area contributed by atoms with Crippen molar-refractivity contribution in [1.29, 1.82) is 0 Å². The molecule has 10 nitrogen and oxygen atoms in total. The van der Waals surface area contributed by atoms with E-state index in [-0.39, 0.29) is 11.7 Å². The number of aryl methyl sites for hydroxylation is 1. The molecule has 1 aliphatic rings. The SMILES string of the molecule is Cn1cnc2cc(C(=O)N3CC[C@@](C)(O)[C@H](n4cnc5c(N)ncnc54)C3)ccc21. The van der Waals surface area contributed by atoms with Crippen molar-refractivity contribution in [2.75, 3.05) is 18.8 Å². The van der Waals surface area contributed by atoms with Crippen molar-refractivity contribution >= 4 is 33.9 Å². The van der Waals surface area contributed by atoms with Gasteiger partial charge in [-0.2, -0.15) is 0 Å². The van der Waals surface area contributed by atoms with Crippen LogP contribution in [0.25, 0.3) is 22.2 Å². The number of amides is 1. The summed E-state index contributed by atoms with van der Waals surface area (Å²) in [7, 11) is 1.92. The predicted molar refractivity (Wildman–Crippen MR) is 111 cm³/mol. The number of nitrogens with zero attached hydrogens (tertiary/aromatic N) is 7. The number of aliphatic hydroxyl groups is 1. The summed E-state index contributed by atoms with van der Waals surface area (Å²) in [5, 5.41) is 11.1. The summed E-state index contributed by atoms with van der Waals surface area (Å²) in [4.78, 5) is 31.9. The van der Waals surface area contributed by atoms with Crippen LogP contribution >= 0.6 is 0 Å². The van der Waals surface area contributed by atoms with Crippen molar-refractivity contribution in [3.8, 4) is 0 Å². The Hall–Kier alpha value is -3.53.